The van der Waals surface area contributed by atoms with Crippen LogP contribution in [0.2, 0.25) is 0 Å². The number of allylic oxidation sites excluding steroid dienone is 2. The van der Waals surface area contributed by atoms with Crippen LogP contribution in [0, 0.1) is 35.0 Å². The van der Waals surface area contributed by atoms with Crippen LogP contribution >= 0.6 is 0 Å². The minimum atomic E-state index is -0.589. The van der Waals surface area contributed by atoms with E-state index in [1.807, 2.05) is 0 Å². The summed E-state index contributed by atoms with van der Waals surface area (Å²) in [7, 11) is 0. The molecule has 0 aromatic rings. The Hall–Kier alpha value is -0.840. The smallest absolute Gasteiger partial charge is 0.195 e. The van der Waals surface area contributed by atoms with Gasteiger partial charge in [0.1, 0.15) is 6.07 Å². The van der Waals surface area contributed by atoms with Gasteiger partial charge in [0.05, 0.1) is 0 Å². The largest absolute Gasteiger partial charge is 0.196 e. The molecule has 0 radical (unpaired) electrons. The van der Waals surface area contributed by atoms with E-state index in [-0.39, 0.29) is 0 Å². The van der Waals surface area contributed by atoms with E-state index in [1.54, 1.807) is 12.1 Å². The molecule has 136 valence electrons. The summed E-state index contributed by atoms with van der Waals surface area (Å²) in [5, 5.41) is 8.53. The highest BCUT2D eigenvalue weighted by atomic mass is 19.1. The number of hydrogen-bond acceptors (Lipinski definition) is 1. The van der Waals surface area contributed by atoms with Crippen LogP contribution in [0.1, 0.15) is 96.8 Å². The third-order valence-electron chi connectivity index (χ3n) is 6.55. The second-order valence-corrected chi connectivity index (χ2v) is 8.37. The van der Waals surface area contributed by atoms with E-state index in [0.29, 0.717) is 5.92 Å². The van der Waals surface area contributed by atoms with Gasteiger partial charge in [-0.3, -0.25) is 0 Å². The molecule has 2 saturated carbocycles. The Morgan fingerprint density at radius 1 is 0.875 bits per heavy atom. The van der Waals surface area contributed by atoms with E-state index in [2.05, 4.69) is 6.92 Å². The van der Waals surface area contributed by atoms with Crippen LogP contribution in [-0.4, -0.2) is 0 Å². The Bertz CT molecular complexity index is 406. The lowest BCUT2D eigenvalue weighted by Gasteiger charge is -2.31. The van der Waals surface area contributed by atoms with Gasteiger partial charge in [0.15, 0.2) is 5.83 Å². The van der Waals surface area contributed by atoms with Crippen molar-refractivity contribution in [1.29, 1.82) is 5.26 Å². The lowest BCUT2D eigenvalue weighted by atomic mass is 9.75. The van der Waals surface area contributed by atoms with Crippen LogP contribution in [0.25, 0.3) is 0 Å². The van der Waals surface area contributed by atoms with E-state index in [9.17, 15) is 4.39 Å². The van der Waals surface area contributed by atoms with Crippen LogP contribution in [-0.2, 0) is 0 Å². The fraction of sp³-hybridized carbons (Fsp3) is 0.864. The average molecular weight is 334 g/mol. The number of rotatable bonds is 8. The Labute approximate surface area is 148 Å². The standard InChI is InChI=1S/C22H36FN/c1-2-3-4-5-18-6-8-19(9-7-18)10-11-20-12-14-21(15-13-20)16-22(23)17-24/h16,18-21H,2-15H2,1H3/b22-16+/t18-,19-,20-,21-. The molecule has 0 atom stereocenters. The first-order valence-corrected chi connectivity index (χ1v) is 10.5. The molecule has 0 aliphatic heterocycles. The van der Waals surface area contributed by atoms with Crippen LogP contribution in [0.15, 0.2) is 11.9 Å². The van der Waals surface area contributed by atoms with Gasteiger partial charge < -0.3 is 0 Å². The summed E-state index contributed by atoms with van der Waals surface area (Å²) in [5.41, 5.74) is 0. The molecule has 2 aliphatic carbocycles. The van der Waals surface area contributed by atoms with E-state index in [4.69, 9.17) is 5.26 Å². The molecule has 0 saturated heterocycles. The molecule has 0 heterocycles. The van der Waals surface area contributed by atoms with Crippen molar-refractivity contribution in [3.8, 4) is 6.07 Å². The van der Waals surface area contributed by atoms with Gasteiger partial charge >= 0.3 is 0 Å². The SMILES string of the molecule is CCCCC[C@H]1CC[C@H](CC[C@H]2CC[C@H](/C=C(/F)C#N)CC2)CC1. The van der Waals surface area contributed by atoms with Crippen molar-refractivity contribution in [2.75, 3.05) is 0 Å². The normalized spacial score (nSPS) is 31.6. The van der Waals surface area contributed by atoms with E-state index in [1.165, 1.54) is 77.0 Å². The van der Waals surface area contributed by atoms with Gasteiger partial charge in [-0.2, -0.15) is 9.65 Å². The Morgan fingerprint density at radius 3 is 1.88 bits per heavy atom. The second kappa shape index (κ2) is 10.9. The molecular weight excluding hydrogens is 297 g/mol. The van der Waals surface area contributed by atoms with Crippen LogP contribution in [0.5, 0.6) is 0 Å². The zero-order valence-electron chi connectivity index (χ0n) is 15.6. The highest BCUT2D eigenvalue weighted by Gasteiger charge is 2.24. The Balaban J connectivity index is 1.56. The Morgan fingerprint density at radius 2 is 1.38 bits per heavy atom. The summed E-state index contributed by atoms with van der Waals surface area (Å²) >= 11 is 0. The molecule has 0 bridgehead atoms. The molecule has 24 heavy (non-hydrogen) atoms. The van der Waals surface area contributed by atoms with Crippen LogP contribution in [0.4, 0.5) is 4.39 Å². The van der Waals surface area contributed by atoms with Gasteiger partial charge in [0.25, 0.3) is 0 Å². The van der Waals surface area contributed by atoms with Crippen LogP contribution < -0.4 is 0 Å². The molecule has 0 amide bonds. The molecular formula is C22H36FN. The molecule has 0 aromatic carbocycles. The fourth-order valence-electron chi connectivity index (χ4n) is 4.85. The van der Waals surface area contributed by atoms with E-state index < -0.39 is 5.83 Å². The number of nitrogens with zero attached hydrogens (tertiary/aromatic N) is 1. The predicted molar refractivity (Wildman–Crippen MR) is 99.1 cm³/mol. The molecule has 2 rings (SSSR count). The van der Waals surface area contributed by atoms with Gasteiger partial charge in [0.2, 0.25) is 0 Å². The number of nitriles is 1. The van der Waals surface area contributed by atoms with Crippen molar-refractivity contribution in [3.05, 3.63) is 11.9 Å². The first-order chi connectivity index (χ1) is 11.7. The summed E-state index contributed by atoms with van der Waals surface area (Å²) < 4.78 is 13.0. The number of unbranched alkanes of at least 4 members (excludes halogenated alkanes) is 2. The van der Waals surface area contributed by atoms with Crippen molar-refractivity contribution >= 4 is 0 Å². The predicted octanol–water partition coefficient (Wildman–Crippen LogP) is 7.34. The van der Waals surface area contributed by atoms with E-state index >= 15 is 0 Å². The molecule has 0 spiro atoms. The van der Waals surface area contributed by atoms with Gasteiger partial charge in [-0.05, 0) is 55.4 Å². The molecule has 2 heteroatoms. The quantitative estimate of drug-likeness (QED) is 0.337. The molecule has 0 N–H and O–H groups in total. The maximum absolute atomic E-state index is 13.0. The van der Waals surface area contributed by atoms with E-state index in [0.717, 1.165) is 30.6 Å². The highest BCUT2D eigenvalue weighted by Crippen LogP contribution is 2.38. The number of hydrogen-bond donors (Lipinski definition) is 0. The van der Waals surface area contributed by atoms with Gasteiger partial charge in [-0.1, -0.05) is 71.1 Å². The first kappa shape index (κ1) is 19.5. The van der Waals surface area contributed by atoms with Gasteiger partial charge in [-0.15, -0.1) is 0 Å². The van der Waals surface area contributed by atoms with Crippen molar-refractivity contribution in [2.45, 2.75) is 96.8 Å². The lowest BCUT2D eigenvalue weighted by Crippen LogP contribution is -2.18. The monoisotopic (exact) mass is 333 g/mol. The fourth-order valence-corrected chi connectivity index (χ4v) is 4.85. The van der Waals surface area contributed by atoms with Gasteiger partial charge in [0, 0.05) is 0 Å². The zero-order chi connectivity index (χ0) is 17.2. The lowest BCUT2D eigenvalue weighted by molar-refractivity contribution is 0.219. The number of halogens is 1. The second-order valence-electron chi connectivity index (χ2n) is 8.37. The summed E-state index contributed by atoms with van der Waals surface area (Å²) in [6.07, 6.45) is 20.5. The maximum Gasteiger partial charge on any atom is 0.196 e. The maximum atomic E-state index is 13.0. The third-order valence-corrected chi connectivity index (χ3v) is 6.55. The Kier molecular flexibility index (Phi) is 8.86. The summed E-state index contributed by atoms with van der Waals surface area (Å²) in [6.45, 7) is 2.29. The average Bonchev–Trinajstić information content (AvgIpc) is 2.62. The minimum Gasteiger partial charge on any atom is -0.195 e. The van der Waals surface area contributed by atoms with Crippen molar-refractivity contribution in [3.63, 3.8) is 0 Å². The summed E-state index contributed by atoms with van der Waals surface area (Å²) in [4.78, 5) is 0. The molecule has 2 aliphatic rings. The third kappa shape index (κ3) is 6.96. The van der Waals surface area contributed by atoms with Crippen LogP contribution in [0.3, 0.4) is 0 Å². The van der Waals surface area contributed by atoms with Crippen molar-refractivity contribution < 1.29 is 4.39 Å². The molecule has 2 fully saturated rings. The molecule has 0 aromatic heterocycles. The summed E-state index contributed by atoms with van der Waals surface area (Å²) in [5.74, 6) is 2.56. The van der Waals surface area contributed by atoms with Crippen molar-refractivity contribution in [1.82, 2.24) is 0 Å². The highest BCUT2D eigenvalue weighted by molar-refractivity contribution is 5.13. The zero-order valence-corrected chi connectivity index (χ0v) is 15.6. The summed E-state index contributed by atoms with van der Waals surface area (Å²) in [6, 6.07) is 1.61. The molecule has 1 nitrogen and oxygen atoms in total. The molecule has 0 unspecified atom stereocenters. The van der Waals surface area contributed by atoms with Gasteiger partial charge in [-0.25, -0.2) is 0 Å². The van der Waals surface area contributed by atoms with Crippen molar-refractivity contribution in [2.24, 2.45) is 23.7 Å². The first-order valence-electron chi connectivity index (χ1n) is 10.5. The topological polar surface area (TPSA) is 23.8 Å². The minimum absolute atomic E-state index is 0.305.